The molecule has 1 atom stereocenters. The van der Waals surface area contributed by atoms with Crippen LogP contribution in [0, 0.1) is 0 Å². The van der Waals surface area contributed by atoms with E-state index in [0.717, 1.165) is 6.92 Å². The van der Waals surface area contributed by atoms with Gasteiger partial charge in [0.2, 0.25) is 0 Å². The Morgan fingerprint density at radius 3 is 2.12 bits per heavy atom. The second-order valence-electron chi connectivity index (χ2n) is 0.860. The first-order chi connectivity index (χ1) is 3.13. The number of carbonyl (C=O) groups is 1. The predicted molar refractivity (Wildman–Crippen MR) is 29.0 cm³/mol. The number of hydrogen-bond acceptors (Lipinski definition) is 3. The van der Waals surface area contributed by atoms with E-state index in [2.05, 4.69) is 3.73 Å². The Morgan fingerprint density at radius 1 is 1.75 bits per heavy atom. The molecule has 0 aliphatic heterocycles. The second kappa shape index (κ2) is 5.92. The van der Waals surface area contributed by atoms with Crippen molar-refractivity contribution in [2.45, 2.75) is 6.92 Å². The van der Waals surface area contributed by atoms with Gasteiger partial charge < -0.3 is 0 Å². The molecule has 0 radical (unpaired) electrons. The van der Waals surface area contributed by atoms with Crippen molar-refractivity contribution < 1.29 is 16.4 Å². The zero-order valence-electron chi connectivity index (χ0n) is 3.67. The van der Waals surface area contributed by atoms with Gasteiger partial charge in [0.1, 0.15) is 0 Å². The van der Waals surface area contributed by atoms with Crippen molar-refractivity contribution in [3.8, 4) is 0 Å². The van der Waals surface area contributed by atoms with Crippen molar-refractivity contribution in [2.75, 3.05) is 0 Å². The van der Waals surface area contributed by atoms with Crippen LogP contribution in [0.5, 0.6) is 0 Å². The summed E-state index contributed by atoms with van der Waals surface area (Å²) in [5.41, 5.74) is 0. The fraction of sp³-hybridized carbons (Fsp3) is 0.500. The van der Waals surface area contributed by atoms with Crippen LogP contribution in [-0.2, 0) is 12.3 Å². The molecule has 0 spiro atoms. The Labute approximate surface area is 73.7 Å². The Morgan fingerprint density at radius 2 is 2.12 bits per heavy atom. The molecule has 0 saturated carbocycles. The monoisotopic (exact) mass is 192 g/mol. The maximum absolute atomic E-state index is 9.71. The van der Waals surface area contributed by atoms with Crippen molar-refractivity contribution in [3.05, 3.63) is 0 Å². The van der Waals surface area contributed by atoms with Gasteiger partial charge in [0, 0.05) is 0 Å². The van der Waals surface area contributed by atoms with Crippen molar-refractivity contribution in [1.29, 1.82) is 0 Å². The van der Waals surface area contributed by atoms with E-state index in [1.807, 2.05) is 0 Å². The normalized spacial score (nSPS) is 11.2. The van der Waals surface area contributed by atoms with E-state index in [1.54, 1.807) is 0 Å². The van der Waals surface area contributed by atoms with Crippen molar-refractivity contribution in [3.63, 3.8) is 0 Å². The van der Waals surface area contributed by atoms with E-state index in [0.29, 0.717) is 0 Å². The Kier molecular flexibility index (Phi) is 8.56. The topological polar surface area (TPSA) is 63.6 Å². The van der Waals surface area contributed by atoms with Crippen LogP contribution in [0.3, 0.4) is 0 Å². The van der Waals surface area contributed by atoms with Gasteiger partial charge in [-0.25, -0.2) is 0 Å². The molecule has 1 unspecified atom stereocenters. The standard InChI is InChI=1S/C2H5AsO4.Na.H/c1-2(4)7-3(5)6;;/h3H,1H3,(H,5,6);;. The third-order valence-electron chi connectivity index (χ3n) is 0.231. The average molecular weight is 192 g/mol. The summed E-state index contributed by atoms with van der Waals surface area (Å²) in [6.07, 6.45) is 0. The van der Waals surface area contributed by atoms with E-state index in [1.165, 1.54) is 0 Å². The quantitative estimate of drug-likeness (QED) is 0.490. The molecule has 0 aromatic rings. The summed E-state index contributed by atoms with van der Waals surface area (Å²) in [6, 6.07) is 0. The third-order valence-corrected chi connectivity index (χ3v) is 1.20. The van der Waals surface area contributed by atoms with Crippen LogP contribution in [0.2, 0.25) is 0 Å². The van der Waals surface area contributed by atoms with Crippen LogP contribution in [0.15, 0.2) is 0 Å². The SMILES string of the molecule is CC(=O)O[AsH](=O)O.[NaH]. The predicted octanol–water partition coefficient (Wildman–Crippen LogP) is -1.96. The first-order valence-corrected chi connectivity index (χ1v) is 4.19. The summed E-state index contributed by atoms with van der Waals surface area (Å²) in [4.78, 5) is 9.71. The van der Waals surface area contributed by atoms with E-state index < -0.39 is 21.2 Å². The van der Waals surface area contributed by atoms with Gasteiger partial charge in [-0.2, -0.15) is 0 Å². The molecule has 0 amide bonds. The van der Waals surface area contributed by atoms with Gasteiger partial charge in [0.05, 0.1) is 0 Å². The molecule has 6 heteroatoms. The third kappa shape index (κ3) is 9.92. The summed E-state index contributed by atoms with van der Waals surface area (Å²) in [5, 5.41) is 0. The van der Waals surface area contributed by atoms with Crippen LogP contribution < -0.4 is 0 Å². The van der Waals surface area contributed by atoms with Crippen molar-refractivity contribution >= 4 is 50.8 Å². The number of rotatable bonds is 1. The molecule has 0 rings (SSSR count). The van der Waals surface area contributed by atoms with Gasteiger partial charge in [-0.3, -0.25) is 0 Å². The summed E-state index contributed by atoms with van der Waals surface area (Å²) in [6.45, 7) is 1.08. The number of carbonyl (C=O) groups excluding carboxylic acids is 1. The maximum atomic E-state index is 9.71. The zero-order chi connectivity index (χ0) is 5.86. The van der Waals surface area contributed by atoms with Crippen molar-refractivity contribution in [1.82, 2.24) is 0 Å². The molecule has 0 bridgehead atoms. The van der Waals surface area contributed by atoms with Gasteiger partial charge in [-0.1, -0.05) is 0 Å². The molecule has 0 aliphatic rings. The fourth-order valence-corrected chi connectivity index (χ4v) is 0.639. The van der Waals surface area contributed by atoms with Gasteiger partial charge in [-0.15, -0.1) is 0 Å². The van der Waals surface area contributed by atoms with Crippen LogP contribution in [0.4, 0.5) is 0 Å². The summed E-state index contributed by atoms with van der Waals surface area (Å²) in [5.74, 6) is -0.701. The summed E-state index contributed by atoms with van der Waals surface area (Å²) >= 11 is -3.55. The van der Waals surface area contributed by atoms with Gasteiger partial charge >= 0.3 is 74.1 Å². The molecular formula is C2H6AsNaO4. The molecule has 0 heterocycles. The summed E-state index contributed by atoms with van der Waals surface area (Å²) < 4.78 is 21.3. The zero-order valence-corrected chi connectivity index (χ0v) is 5.77. The molecule has 8 heavy (non-hydrogen) atoms. The van der Waals surface area contributed by atoms with Gasteiger partial charge in [0.25, 0.3) is 0 Å². The van der Waals surface area contributed by atoms with Crippen LogP contribution in [-0.4, -0.2) is 54.9 Å². The Hall–Kier alpha value is 0.788. The first-order valence-electron chi connectivity index (χ1n) is 1.54. The number of hydrogen-bond donors (Lipinski definition) is 1. The molecule has 44 valence electrons. The second-order valence-corrected chi connectivity index (χ2v) is 2.40. The molecule has 0 aliphatic carbocycles. The van der Waals surface area contributed by atoms with Crippen molar-refractivity contribution in [2.24, 2.45) is 0 Å². The average Bonchev–Trinajstić information content (AvgIpc) is 1.27. The van der Waals surface area contributed by atoms with E-state index in [4.69, 9.17) is 4.10 Å². The van der Waals surface area contributed by atoms with Gasteiger partial charge in [0.15, 0.2) is 0 Å². The van der Waals surface area contributed by atoms with Crippen LogP contribution in [0.1, 0.15) is 6.92 Å². The van der Waals surface area contributed by atoms with E-state index in [-0.39, 0.29) is 29.6 Å². The van der Waals surface area contributed by atoms with Crippen LogP contribution >= 0.6 is 0 Å². The summed E-state index contributed by atoms with van der Waals surface area (Å²) in [7, 11) is 0. The molecule has 1 N–H and O–H groups in total. The fourth-order valence-electron chi connectivity index (χ4n) is 0.123. The molecule has 4 nitrogen and oxygen atoms in total. The minimum atomic E-state index is -3.55. The van der Waals surface area contributed by atoms with E-state index in [9.17, 15) is 8.53 Å². The first kappa shape index (κ1) is 11.6. The minimum absolute atomic E-state index is 0. The molecule has 0 fully saturated rings. The van der Waals surface area contributed by atoms with Crippen LogP contribution in [0.25, 0.3) is 0 Å². The Balaban J connectivity index is 0. The molecule has 0 saturated heterocycles. The molecular weight excluding hydrogens is 186 g/mol. The molecule has 0 aromatic heterocycles. The van der Waals surface area contributed by atoms with Gasteiger partial charge in [-0.05, 0) is 0 Å². The van der Waals surface area contributed by atoms with E-state index >= 15 is 0 Å². The Bertz CT molecular complexity index is 90.2. The molecule has 0 aromatic carbocycles.